The number of hydrogen-bond donors (Lipinski definition) is 0. The molecule has 0 unspecified atom stereocenters. The highest BCUT2D eigenvalue weighted by Gasteiger charge is 2.19. The number of ketones is 2. The number of benzene rings is 1. The van der Waals surface area contributed by atoms with Crippen molar-refractivity contribution in [1.29, 1.82) is 0 Å². The van der Waals surface area contributed by atoms with Crippen LogP contribution in [0.4, 0.5) is 0 Å². The van der Waals surface area contributed by atoms with E-state index >= 15 is 0 Å². The van der Waals surface area contributed by atoms with E-state index in [-0.39, 0.29) is 17.1 Å². The zero-order chi connectivity index (χ0) is 13.7. The Morgan fingerprint density at radius 3 is 2.26 bits per heavy atom. The summed E-state index contributed by atoms with van der Waals surface area (Å²) in [6.45, 7) is 1.43. The van der Waals surface area contributed by atoms with E-state index in [4.69, 9.17) is 0 Å². The maximum Gasteiger partial charge on any atom is 0.191 e. The Morgan fingerprint density at radius 2 is 1.68 bits per heavy atom. The molecule has 0 aromatic heterocycles. The van der Waals surface area contributed by atoms with Gasteiger partial charge in [-0.3, -0.25) is 9.59 Å². The highest BCUT2D eigenvalue weighted by atomic mass is 32.2. The Morgan fingerprint density at radius 1 is 1.05 bits per heavy atom. The molecule has 0 atom stereocenters. The molecule has 96 valence electrons. The maximum atomic E-state index is 12.1. The van der Waals surface area contributed by atoms with Gasteiger partial charge >= 0.3 is 0 Å². The minimum Gasteiger partial charge on any atom is -0.294 e. The Kier molecular flexibility index (Phi) is 4.82. The van der Waals surface area contributed by atoms with Crippen LogP contribution in [-0.2, 0) is 9.59 Å². The van der Waals surface area contributed by atoms with Gasteiger partial charge in [0.2, 0.25) is 0 Å². The molecular formula is C15H12O2S2. The topological polar surface area (TPSA) is 34.1 Å². The summed E-state index contributed by atoms with van der Waals surface area (Å²) in [6.07, 6.45) is 3.18. The van der Waals surface area contributed by atoms with Crippen molar-refractivity contribution < 1.29 is 9.59 Å². The Bertz CT molecular complexity index is 573. The van der Waals surface area contributed by atoms with Gasteiger partial charge in [0.05, 0.1) is 9.81 Å². The second-order valence-electron chi connectivity index (χ2n) is 3.83. The number of hydrogen-bond acceptors (Lipinski definition) is 4. The van der Waals surface area contributed by atoms with Crippen molar-refractivity contribution in [2.45, 2.75) is 6.92 Å². The number of Topliss-reactive ketones (excluding diaryl/α,β-unsaturated/α-hetero) is 1. The Hall–Kier alpha value is -1.52. The SMILES string of the molecule is CC(=O)C(C(=O)C=Cc1ccccc1)=C1SC=CS1. The first-order chi connectivity index (χ1) is 9.18. The van der Waals surface area contributed by atoms with Gasteiger partial charge in [0, 0.05) is 0 Å². The summed E-state index contributed by atoms with van der Waals surface area (Å²) in [4.78, 5) is 23.7. The van der Waals surface area contributed by atoms with Gasteiger partial charge in [-0.15, -0.1) is 0 Å². The van der Waals surface area contributed by atoms with E-state index in [1.807, 2.05) is 41.1 Å². The Balaban J connectivity index is 2.20. The van der Waals surface area contributed by atoms with Gasteiger partial charge in [-0.25, -0.2) is 0 Å². The molecule has 1 aliphatic rings. The van der Waals surface area contributed by atoms with Crippen molar-refractivity contribution in [1.82, 2.24) is 0 Å². The molecule has 0 saturated carbocycles. The first kappa shape index (κ1) is 13.9. The lowest BCUT2D eigenvalue weighted by atomic mass is 10.1. The number of allylic oxidation sites excluding steroid dienone is 2. The van der Waals surface area contributed by atoms with Crippen LogP contribution in [0.15, 0.2) is 57.0 Å². The zero-order valence-electron chi connectivity index (χ0n) is 10.3. The predicted molar refractivity (Wildman–Crippen MR) is 82.5 cm³/mol. The quantitative estimate of drug-likeness (QED) is 0.476. The second-order valence-corrected chi connectivity index (χ2v) is 5.93. The lowest BCUT2D eigenvalue weighted by molar-refractivity contribution is -0.118. The third kappa shape index (κ3) is 3.72. The average Bonchev–Trinajstić information content (AvgIpc) is 2.91. The van der Waals surface area contributed by atoms with Crippen molar-refractivity contribution in [3.63, 3.8) is 0 Å². The van der Waals surface area contributed by atoms with Crippen molar-refractivity contribution in [3.05, 3.63) is 62.6 Å². The minimum atomic E-state index is -0.241. The standard InChI is InChI=1S/C15H12O2S2/c1-11(16)14(15-18-9-10-19-15)13(17)8-7-12-5-3-2-4-6-12/h2-10H,1H3. The van der Waals surface area contributed by atoms with E-state index in [1.54, 1.807) is 6.08 Å². The van der Waals surface area contributed by atoms with E-state index < -0.39 is 0 Å². The van der Waals surface area contributed by atoms with E-state index in [0.717, 1.165) is 9.80 Å². The fraction of sp³-hybridized carbons (Fsp3) is 0.0667. The van der Waals surface area contributed by atoms with E-state index in [0.29, 0.717) is 0 Å². The van der Waals surface area contributed by atoms with Crippen LogP contribution in [0.25, 0.3) is 6.08 Å². The molecule has 4 heteroatoms. The lowest BCUT2D eigenvalue weighted by Gasteiger charge is -2.02. The fourth-order valence-electron chi connectivity index (χ4n) is 1.56. The maximum absolute atomic E-state index is 12.1. The molecule has 0 spiro atoms. The van der Waals surface area contributed by atoms with Gasteiger partial charge in [-0.1, -0.05) is 59.9 Å². The molecule has 0 saturated heterocycles. The monoisotopic (exact) mass is 288 g/mol. The molecule has 1 heterocycles. The largest absolute Gasteiger partial charge is 0.294 e. The van der Waals surface area contributed by atoms with Crippen LogP contribution in [-0.4, -0.2) is 11.6 Å². The van der Waals surface area contributed by atoms with Crippen LogP contribution in [0, 0.1) is 0 Å². The summed E-state index contributed by atoms with van der Waals surface area (Å²) < 4.78 is 0.759. The fourth-order valence-corrected chi connectivity index (χ4v) is 3.53. The normalized spacial score (nSPS) is 14.1. The molecule has 1 aromatic rings. The van der Waals surface area contributed by atoms with Crippen LogP contribution in [0.5, 0.6) is 0 Å². The Labute approximate surface area is 120 Å². The van der Waals surface area contributed by atoms with Gasteiger partial charge in [0.1, 0.15) is 0 Å². The van der Waals surface area contributed by atoms with Crippen LogP contribution in [0.3, 0.4) is 0 Å². The van der Waals surface area contributed by atoms with Gasteiger partial charge in [-0.05, 0) is 29.4 Å². The second kappa shape index (κ2) is 6.59. The number of carbonyl (C=O) groups is 2. The smallest absolute Gasteiger partial charge is 0.191 e. The summed E-state index contributed by atoms with van der Waals surface area (Å²) in [6, 6.07) is 9.54. The van der Waals surface area contributed by atoms with Crippen LogP contribution in [0.2, 0.25) is 0 Å². The number of thioether (sulfide) groups is 2. The molecular weight excluding hydrogens is 276 g/mol. The first-order valence-electron chi connectivity index (χ1n) is 5.69. The first-order valence-corrected chi connectivity index (χ1v) is 7.45. The molecule has 0 fully saturated rings. The summed E-state index contributed by atoms with van der Waals surface area (Å²) >= 11 is 2.83. The molecule has 0 aliphatic carbocycles. The molecule has 0 N–H and O–H groups in total. The van der Waals surface area contributed by atoms with E-state index in [9.17, 15) is 9.59 Å². The molecule has 2 rings (SSSR count). The third-order valence-electron chi connectivity index (χ3n) is 2.44. The summed E-state index contributed by atoms with van der Waals surface area (Å²) in [7, 11) is 0. The van der Waals surface area contributed by atoms with Crippen LogP contribution in [0.1, 0.15) is 12.5 Å². The van der Waals surface area contributed by atoms with Crippen molar-refractivity contribution in [2.24, 2.45) is 0 Å². The van der Waals surface area contributed by atoms with Gasteiger partial charge in [0.25, 0.3) is 0 Å². The van der Waals surface area contributed by atoms with Gasteiger partial charge in [-0.2, -0.15) is 0 Å². The third-order valence-corrected chi connectivity index (χ3v) is 4.57. The minimum absolute atomic E-state index is 0.193. The summed E-state index contributed by atoms with van der Waals surface area (Å²) in [5.74, 6) is -0.434. The molecule has 0 radical (unpaired) electrons. The van der Waals surface area contributed by atoms with Gasteiger partial charge < -0.3 is 0 Å². The number of carbonyl (C=O) groups excluding carboxylic acids is 2. The van der Waals surface area contributed by atoms with Crippen molar-refractivity contribution in [2.75, 3.05) is 0 Å². The summed E-state index contributed by atoms with van der Waals surface area (Å²) in [5, 5.41) is 3.74. The van der Waals surface area contributed by atoms with E-state index in [2.05, 4.69) is 0 Å². The lowest BCUT2D eigenvalue weighted by Crippen LogP contribution is -2.08. The number of rotatable bonds is 4. The highest BCUT2D eigenvalue weighted by Crippen LogP contribution is 2.40. The van der Waals surface area contributed by atoms with E-state index in [1.165, 1.54) is 36.5 Å². The molecule has 19 heavy (non-hydrogen) atoms. The van der Waals surface area contributed by atoms with Crippen molar-refractivity contribution in [3.8, 4) is 0 Å². The van der Waals surface area contributed by atoms with Crippen LogP contribution >= 0.6 is 23.5 Å². The predicted octanol–water partition coefficient (Wildman–Crippen LogP) is 4.02. The molecule has 2 nitrogen and oxygen atoms in total. The molecule has 0 amide bonds. The zero-order valence-corrected chi connectivity index (χ0v) is 12.0. The summed E-state index contributed by atoms with van der Waals surface area (Å²) in [5.41, 5.74) is 1.21. The molecule has 1 aromatic carbocycles. The van der Waals surface area contributed by atoms with Crippen LogP contribution < -0.4 is 0 Å². The van der Waals surface area contributed by atoms with Gasteiger partial charge in [0.15, 0.2) is 11.6 Å². The van der Waals surface area contributed by atoms with Crippen molar-refractivity contribution >= 4 is 41.2 Å². The highest BCUT2D eigenvalue weighted by molar-refractivity contribution is 8.27. The average molecular weight is 288 g/mol. The molecule has 1 aliphatic heterocycles. The molecule has 0 bridgehead atoms.